The van der Waals surface area contributed by atoms with E-state index in [1.807, 2.05) is 0 Å². The van der Waals surface area contributed by atoms with Gasteiger partial charge in [-0.15, -0.1) is 0 Å². The van der Waals surface area contributed by atoms with Crippen molar-refractivity contribution in [2.24, 2.45) is 0 Å². The predicted molar refractivity (Wildman–Crippen MR) is 89.9 cm³/mol. The number of carbonyl (C=O) groups excluding carboxylic acids is 3. The summed E-state index contributed by atoms with van der Waals surface area (Å²) in [6, 6.07) is 5.85. The SMILES string of the molecule is COC(=O)N1C[C@@H](N2C(=O)c3ccccc3C2=O)C[C@@H]1P(=O)(OC)OC. The molecule has 10 heteroatoms. The second-order valence-electron chi connectivity index (χ2n) is 5.92. The van der Waals surface area contributed by atoms with Gasteiger partial charge < -0.3 is 13.8 Å². The summed E-state index contributed by atoms with van der Waals surface area (Å²) in [7, 11) is -0.0385. The van der Waals surface area contributed by atoms with E-state index in [2.05, 4.69) is 0 Å². The van der Waals surface area contributed by atoms with E-state index in [0.717, 1.165) is 4.90 Å². The van der Waals surface area contributed by atoms with Crippen LogP contribution in [0, 0.1) is 0 Å². The first-order chi connectivity index (χ1) is 12.4. The third-order valence-corrected chi connectivity index (χ3v) is 6.96. The maximum absolute atomic E-state index is 12.8. The molecule has 2 atom stereocenters. The minimum absolute atomic E-state index is 0.0144. The fraction of sp³-hybridized carbons (Fsp3) is 0.438. The molecule has 2 aliphatic heterocycles. The summed E-state index contributed by atoms with van der Waals surface area (Å²) in [6.07, 6.45) is -0.664. The van der Waals surface area contributed by atoms with E-state index in [4.69, 9.17) is 13.8 Å². The number of methoxy groups -OCH3 is 1. The first-order valence-corrected chi connectivity index (χ1v) is 9.51. The Morgan fingerprint density at radius 1 is 1.08 bits per heavy atom. The van der Waals surface area contributed by atoms with Crippen LogP contribution in [0.4, 0.5) is 4.79 Å². The van der Waals surface area contributed by atoms with Crippen LogP contribution in [-0.2, 0) is 18.3 Å². The first kappa shape index (κ1) is 18.6. The van der Waals surface area contributed by atoms with Crippen LogP contribution in [0.3, 0.4) is 0 Å². The Labute approximate surface area is 150 Å². The highest BCUT2D eigenvalue weighted by molar-refractivity contribution is 7.54. The lowest BCUT2D eigenvalue weighted by Crippen LogP contribution is -2.42. The minimum Gasteiger partial charge on any atom is -0.453 e. The van der Waals surface area contributed by atoms with Crippen molar-refractivity contribution in [2.45, 2.75) is 18.2 Å². The van der Waals surface area contributed by atoms with Gasteiger partial charge in [0.25, 0.3) is 11.8 Å². The highest BCUT2D eigenvalue weighted by atomic mass is 31.2. The van der Waals surface area contributed by atoms with Gasteiger partial charge in [0.15, 0.2) is 0 Å². The number of hydrogen-bond acceptors (Lipinski definition) is 7. The maximum Gasteiger partial charge on any atom is 0.410 e. The van der Waals surface area contributed by atoms with Gasteiger partial charge in [-0.3, -0.25) is 24.0 Å². The van der Waals surface area contributed by atoms with Crippen molar-refractivity contribution >= 4 is 25.5 Å². The zero-order valence-electron chi connectivity index (χ0n) is 14.6. The van der Waals surface area contributed by atoms with Crippen LogP contribution in [-0.4, -0.2) is 67.4 Å². The second kappa shape index (κ2) is 6.83. The molecule has 0 radical (unpaired) electrons. The third kappa shape index (κ3) is 2.72. The van der Waals surface area contributed by atoms with Crippen molar-refractivity contribution in [1.82, 2.24) is 9.80 Å². The molecule has 0 unspecified atom stereocenters. The fourth-order valence-electron chi connectivity index (χ4n) is 3.45. The standard InChI is InChI=1S/C16H19N2O7P/c1-23-16(21)17-9-10(8-13(17)26(22,24-2)25-3)18-14(19)11-6-4-5-7-12(11)15(18)20/h4-7,10,13H,8-9H2,1-3H3/t10-,13-/m0/s1. The molecule has 0 spiro atoms. The van der Waals surface area contributed by atoms with Gasteiger partial charge in [-0.1, -0.05) is 12.1 Å². The second-order valence-corrected chi connectivity index (χ2v) is 8.33. The number of rotatable bonds is 4. The monoisotopic (exact) mass is 382 g/mol. The highest BCUT2D eigenvalue weighted by Crippen LogP contribution is 2.56. The van der Waals surface area contributed by atoms with Crippen LogP contribution in [0.1, 0.15) is 27.1 Å². The molecule has 26 heavy (non-hydrogen) atoms. The van der Waals surface area contributed by atoms with Crippen molar-refractivity contribution in [3.8, 4) is 0 Å². The van der Waals surface area contributed by atoms with Crippen molar-refractivity contribution in [2.75, 3.05) is 27.9 Å². The topological polar surface area (TPSA) is 102 Å². The number of nitrogens with zero attached hydrogens (tertiary/aromatic N) is 2. The van der Waals surface area contributed by atoms with Gasteiger partial charge in [-0.2, -0.15) is 0 Å². The smallest absolute Gasteiger partial charge is 0.410 e. The van der Waals surface area contributed by atoms with E-state index < -0.39 is 37.3 Å². The average molecular weight is 382 g/mol. The van der Waals surface area contributed by atoms with Gasteiger partial charge in [0.2, 0.25) is 0 Å². The van der Waals surface area contributed by atoms with E-state index in [1.54, 1.807) is 24.3 Å². The molecule has 3 rings (SSSR count). The van der Waals surface area contributed by atoms with Crippen LogP contribution in [0.2, 0.25) is 0 Å². The summed E-state index contributed by atoms with van der Waals surface area (Å²) in [5.74, 6) is -1.84. The van der Waals surface area contributed by atoms with Crippen LogP contribution in [0.15, 0.2) is 24.3 Å². The lowest BCUT2D eigenvalue weighted by atomic mass is 10.1. The highest BCUT2D eigenvalue weighted by Gasteiger charge is 2.52. The van der Waals surface area contributed by atoms with Crippen LogP contribution >= 0.6 is 7.60 Å². The molecule has 0 saturated carbocycles. The lowest BCUT2D eigenvalue weighted by Gasteiger charge is -2.27. The van der Waals surface area contributed by atoms with Gasteiger partial charge in [0.05, 0.1) is 24.3 Å². The third-order valence-electron chi connectivity index (χ3n) is 4.72. The molecule has 140 valence electrons. The number of amides is 3. The molecule has 1 saturated heterocycles. The van der Waals surface area contributed by atoms with E-state index in [0.29, 0.717) is 11.1 Å². The van der Waals surface area contributed by atoms with Crippen molar-refractivity contribution in [3.05, 3.63) is 35.4 Å². The number of benzene rings is 1. The molecule has 3 amide bonds. The minimum atomic E-state index is -3.67. The quantitative estimate of drug-likeness (QED) is 0.579. The zero-order valence-corrected chi connectivity index (χ0v) is 15.5. The number of hydrogen-bond donors (Lipinski definition) is 0. The molecule has 1 fully saturated rings. The maximum atomic E-state index is 12.8. The molecule has 0 N–H and O–H groups in total. The fourth-order valence-corrected chi connectivity index (χ4v) is 5.12. The summed E-state index contributed by atoms with van der Waals surface area (Å²) >= 11 is 0. The van der Waals surface area contributed by atoms with Gasteiger partial charge in [-0.25, -0.2) is 4.79 Å². The molecule has 0 bridgehead atoms. The number of ether oxygens (including phenoxy) is 1. The van der Waals surface area contributed by atoms with Crippen LogP contribution < -0.4 is 0 Å². The van der Waals surface area contributed by atoms with Crippen LogP contribution in [0.5, 0.6) is 0 Å². The summed E-state index contributed by atoms with van der Waals surface area (Å²) in [5.41, 5.74) is 0.625. The Bertz CT molecular complexity index is 769. The Hall–Kier alpha value is -2.22. The van der Waals surface area contributed by atoms with E-state index in [1.165, 1.54) is 26.2 Å². The van der Waals surface area contributed by atoms with Crippen LogP contribution in [0.25, 0.3) is 0 Å². The Morgan fingerprint density at radius 2 is 1.62 bits per heavy atom. The van der Waals surface area contributed by atoms with E-state index >= 15 is 0 Å². The molecule has 0 aliphatic carbocycles. The molecule has 0 aromatic heterocycles. The molecule has 1 aromatic carbocycles. The Balaban J connectivity index is 1.94. The van der Waals surface area contributed by atoms with Gasteiger partial charge in [0, 0.05) is 27.2 Å². The summed E-state index contributed by atoms with van der Waals surface area (Å²) in [4.78, 5) is 39.8. The Morgan fingerprint density at radius 3 is 2.08 bits per heavy atom. The van der Waals surface area contributed by atoms with Crippen molar-refractivity contribution in [1.29, 1.82) is 0 Å². The molecular weight excluding hydrogens is 363 g/mol. The Kier molecular flexibility index (Phi) is 4.88. The lowest BCUT2D eigenvalue weighted by molar-refractivity contribution is 0.0584. The number of carbonyl (C=O) groups is 3. The predicted octanol–water partition coefficient (Wildman–Crippen LogP) is 1.94. The normalized spacial score (nSPS) is 22.7. The molecule has 1 aromatic rings. The number of fused-ring (bicyclic) bond motifs is 1. The summed E-state index contributed by atoms with van der Waals surface area (Å²) in [5, 5.41) is 0. The van der Waals surface area contributed by atoms with E-state index in [9.17, 15) is 18.9 Å². The summed E-state index contributed by atoms with van der Waals surface area (Å²) < 4.78 is 27.6. The molecule has 2 aliphatic rings. The number of imide groups is 1. The van der Waals surface area contributed by atoms with Gasteiger partial charge in [0.1, 0.15) is 5.78 Å². The first-order valence-electron chi connectivity index (χ1n) is 7.90. The zero-order chi connectivity index (χ0) is 19.1. The van der Waals surface area contributed by atoms with Gasteiger partial charge >= 0.3 is 13.7 Å². The van der Waals surface area contributed by atoms with Crippen molar-refractivity contribution < 1.29 is 32.7 Å². The van der Waals surface area contributed by atoms with E-state index in [-0.39, 0.29) is 13.0 Å². The number of likely N-dealkylation sites (tertiary alicyclic amines) is 1. The molecule has 2 heterocycles. The van der Waals surface area contributed by atoms with Gasteiger partial charge in [-0.05, 0) is 12.1 Å². The average Bonchev–Trinajstić information content (AvgIpc) is 3.21. The largest absolute Gasteiger partial charge is 0.453 e. The summed E-state index contributed by atoms with van der Waals surface area (Å²) in [6.45, 7) is -0.0144. The molecule has 9 nitrogen and oxygen atoms in total. The van der Waals surface area contributed by atoms with Crippen molar-refractivity contribution in [3.63, 3.8) is 0 Å². The molecular formula is C16H19N2O7P.